The summed E-state index contributed by atoms with van der Waals surface area (Å²) in [7, 11) is -7.00. The molecule has 2 aromatic heterocycles. The fourth-order valence-electron chi connectivity index (χ4n) is 12.4. The first kappa shape index (κ1) is 71.5. The highest BCUT2D eigenvalue weighted by Crippen LogP contribution is 2.47. The number of sulfonamides is 2. The Morgan fingerprint density at radius 3 is 1.43 bits per heavy atom. The first-order chi connectivity index (χ1) is 45.8. The largest absolute Gasteiger partial charge is 0.479 e. The quantitative estimate of drug-likeness (QED) is 0.0839. The number of carbonyl (C=O) groups is 8. The van der Waals surface area contributed by atoms with E-state index in [1.54, 1.807) is 71.9 Å². The molecule has 7 amide bonds. The van der Waals surface area contributed by atoms with E-state index in [4.69, 9.17) is 32.9 Å². The lowest BCUT2D eigenvalue weighted by molar-refractivity contribution is -0.145. The number of amides is 7. The molecule has 4 aliphatic heterocycles. The van der Waals surface area contributed by atoms with E-state index in [-0.39, 0.29) is 62.1 Å². The Balaban J connectivity index is 0.000000192. The molecule has 4 aliphatic carbocycles. The molecule has 528 valence electrons. The van der Waals surface area contributed by atoms with Crippen LogP contribution >= 0.6 is 0 Å². The lowest BCUT2D eigenvalue weighted by Crippen LogP contribution is -2.58. The number of alkyl carbamates (subject to hydrolysis) is 2. The van der Waals surface area contributed by atoms with E-state index >= 15 is 0 Å². The van der Waals surface area contributed by atoms with Crippen molar-refractivity contribution in [1.29, 1.82) is 0 Å². The van der Waals surface area contributed by atoms with Crippen molar-refractivity contribution in [3.05, 3.63) is 72.8 Å². The van der Waals surface area contributed by atoms with Gasteiger partial charge in [-0.15, -0.1) is 0 Å². The maximum absolute atomic E-state index is 14.2. The number of oxazole rings is 2. The molecule has 29 nitrogen and oxygen atoms in total. The summed E-state index contributed by atoms with van der Waals surface area (Å²) < 4.78 is 82.3. The summed E-state index contributed by atoms with van der Waals surface area (Å²) in [6.07, 6.45) is 14.5. The Morgan fingerprint density at radius 2 is 1.03 bits per heavy atom. The Morgan fingerprint density at radius 1 is 0.608 bits per heavy atom. The molecule has 10 atom stereocenters. The molecule has 6 fully saturated rings. The zero-order valence-electron chi connectivity index (χ0n) is 55.3. The molecule has 4 saturated carbocycles. The van der Waals surface area contributed by atoms with Gasteiger partial charge in [0.05, 0.1) is 23.6 Å². The van der Waals surface area contributed by atoms with Crippen molar-refractivity contribution >= 4 is 89.9 Å². The zero-order chi connectivity index (χ0) is 69.8. The van der Waals surface area contributed by atoms with Gasteiger partial charge in [-0.05, 0) is 143 Å². The van der Waals surface area contributed by atoms with E-state index < -0.39 is 138 Å². The number of ether oxygens (including phenoxy) is 4. The van der Waals surface area contributed by atoms with Crippen LogP contribution in [0.25, 0.3) is 22.2 Å². The van der Waals surface area contributed by atoms with Crippen LogP contribution in [0.3, 0.4) is 0 Å². The third kappa shape index (κ3) is 18.5. The number of benzene rings is 2. The number of carbonyl (C=O) groups excluding carboxylic acids is 7. The molecular formula is C66H88N10O19S2. The molecule has 4 aromatic rings. The summed E-state index contributed by atoms with van der Waals surface area (Å²) in [6.45, 7) is 10.4. The maximum atomic E-state index is 14.2. The van der Waals surface area contributed by atoms with Gasteiger partial charge in [-0.1, -0.05) is 74.3 Å². The van der Waals surface area contributed by atoms with Crippen LogP contribution in [0.1, 0.15) is 157 Å². The molecule has 12 rings (SSSR count). The van der Waals surface area contributed by atoms with Gasteiger partial charge in [-0.3, -0.25) is 28.7 Å². The summed E-state index contributed by atoms with van der Waals surface area (Å²) in [5, 5.41) is 24.9. The molecule has 0 spiro atoms. The average Bonchev–Trinajstić information content (AvgIpc) is 1.58. The maximum Gasteiger partial charge on any atom is 0.408 e. The van der Waals surface area contributed by atoms with Crippen molar-refractivity contribution < 1.29 is 88.1 Å². The monoisotopic (exact) mass is 1390 g/mol. The number of carboxylic acids is 1. The van der Waals surface area contributed by atoms with Crippen LogP contribution in [0.2, 0.25) is 0 Å². The number of fused-ring (bicyclic) bond motifs is 6. The molecule has 31 heteroatoms. The summed E-state index contributed by atoms with van der Waals surface area (Å²) in [5.41, 5.74) is -2.24. The van der Waals surface area contributed by atoms with Crippen LogP contribution in [-0.4, -0.2) is 172 Å². The number of hydrogen-bond donors (Lipinski definition) is 7. The lowest BCUT2D eigenvalue weighted by atomic mass is 10.0. The van der Waals surface area contributed by atoms with Gasteiger partial charge in [-0.2, -0.15) is 9.97 Å². The molecular weight excluding hydrogens is 1300 g/mol. The fraction of sp³-hybridized carbons (Fsp3) is 0.606. The molecule has 97 heavy (non-hydrogen) atoms. The number of carboxylic acid groups (broad SMARTS) is 1. The highest BCUT2D eigenvalue weighted by molar-refractivity contribution is 7.91. The van der Waals surface area contributed by atoms with Crippen LogP contribution in [0, 0.1) is 11.8 Å². The van der Waals surface area contributed by atoms with Crippen LogP contribution in [0.4, 0.5) is 9.59 Å². The molecule has 0 radical (unpaired) electrons. The van der Waals surface area contributed by atoms with Crippen molar-refractivity contribution in [3.63, 3.8) is 0 Å². The number of aromatic nitrogens is 2. The summed E-state index contributed by atoms with van der Waals surface area (Å²) >= 11 is 0. The predicted molar refractivity (Wildman–Crippen MR) is 350 cm³/mol. The minimum Gasteiger partial charge on any atom is -0.479 e. The average molecular weight is 1390 g/mol. The zero-order valence-corrected chi connectivity index (χ0v) is 57.0. The van der Waals surface area contributed by atoms with Crippen molar-refractivity contribution in [2.45, 2.75) is 226 Å². The minimum atomic E-state index is -3.87. The van der Waals surface area contributed by atoms with Crippen molar-refractivity contribution in [3.8, 4) is 12.2 Å². The summed E-state index contributed by atoms with van der Waals surface area (Å²) in [6, 6.07) is 10.2. The van der Waals surface area contributed by atoms with Gasteiger partial charge in [-0.25, -0.2) is 36.4 Å². The van der Waals surface area contributed by atoms with Crippen LogP contribution in [-0.2, 0) is 58.3 Å². The second kappa shape index (κ2) is 29.0. The SMILES string of the molecule is CC(C)(C)OC(=O)N[C@H]1CCCCC/C=C\[C@@H]2C[C@@]2(C(=O)NS(=O)(=O)C2CC2)NC(=O)[C@@H]2C[C@@H](Oc3nc4ccccc4o3)CN2C1=O.CC(C)(C)OC(=O)N[C@H]1CCCCC/C=C\[C@@H]2C[C@@]2(C(=O)O)NC(=O)[C@@H]2C[C@@H](Oc3nc4ccccc4o3)CN2C1=O.NS(=O)(=O)C1CC1. The molecule has 0 bridgehead atoms. The van der Waals surface area contributed by atoms with Crippen LogP contribution < -0.4 is 40.6 Å². The number of para-hydroxylation sites is 4. The van der Waals surface area contributed by atoms with Crippen molar-refractivity contribution in [2.75, 3.05) is 13.1 Å². The second-order valence-corrected chi connectivity index (χ2v) is 32.0. The number of nitrogens with two attached hydrogens (primary N) is 1. The number of aliphatic carboxylic acids is 1. The highest BCUT2D eigenvalue weighted by Gasteiger charge is 2.63. The Kier molecular flexibility index (Phi) is 21.4. The Labute approximate surface area is 562 Å². The van der Waals surface area contributed by atoms with E-state index in [2.05, 4.69) is 36.0 Å². The topological polar surface area (TPSA) is 407 Å². The number of nitrogens with zero attached hydrogens (tertiary/aromatic N) is 4. The normalized spacial score (nSPS) is 28.7. The second-order valence-electron chi connectivity index (χ2n) is 28.2. The van der Waals surface area contributed by atoms with Crippen LogP contribution in [0.5, 0.6) is 12.2 Å². The number of rotatable bonds is 11. The first-order valence-corrected chi connectivity index (χ1v) is 36.4. The number of primary sulfonamides is 1. The van der Waals surface area contributed by atoms with E-state index in [0.29, 0.717) is 67.1 Å². The molecule has 8 N–H and O–H groups in total. The van der Waals surface area contributed by atoms with Crippen molar-refractivity contribution in [1.82, 2.24) is 45.8 Å². The van der Waals surface area contributed by atoms with Gasteiger partial charge in [0.2, 0.25) is 43.7 Å². The van der Waals surface area contributed by atoms with E-state index in [1.165, 1.54) is 9.80 Å². The van der Waals surface area contributed by atoms with E-state index in [9.17, 15) is 60.3 Å². The van der Waals surface area contributed by atoms with Crippen LogP contribution in [0.15, 0.2) is 81.7 Å². The summed E-state index contributed by atoms with van der Waals surface area (Å²) in [5.74, 6) is -4.84. The predicted octanol–water partition coefficient (Wildman–Crippen LogP) is 6.06. The molecule has 2 saturated heterocycles. The lowest BCUT2D eigenvalue weighted by Gasteiger charge is -2.30. The molecule has 2 aromatic carbocycles. The standard InChI is InChI=1S/C33H43N5O9S.C30H38N4O8.C3H7NO2S/c1-32(2,3)47-30(42)34-24-13-8-6-4-5-7-11-20-18-33(20,29(41)37-48(43,44)22-15-16-22)36-27(39)25-17-21(19-38(25)28(24)40)45-31-35-23-12-9-10-14-26(23)46-31;1-29(2,3)42-27(39)31-21-13-8-6-4-5-7-11-18-16-30(18,26(37)38)33-24(35)22-15-19(17-34(22)25(21)36)40-28-32-20-12-9-10-14-23(20)41-28;4-7(5,6)3-1-2-3/h7,9-12,14,20-22,24-25H,4-6,8,13,15-19H2,1-3H3,(H,34,42)(H,36,39)(H,37,41);7,9-12,14,18-19,21-22H,4-6,8,13,15-17H2,1-3H3,(H,31,39)(H,33,35)(H,37,38);3H,1-2H2,(H2,4,5,6)/b2*11-7-;/t20-,21-,24+,25+,33-;18-,19-,21+,22+,30-;/m11./s1. The number of allylic oxidation sites excluding steroid dienone is 2. The van der Waals surface area contributed by atoms with Gasteiger partial charge in [0.25, 0.3) is 5.91 Å². The van der Waals surface area contributed by atoms with Gasteiger partial charge in [0.15, 0.2) is 11.2 Å². The Bertz CT molecular complexity index is 3840. The van der Waals surface area contributed by atoms with E-state index in [1.807, 2.05) is 42.5 Å². The minimum absolute atomic E-state index is 0.00892. The first-order valence-electron chi connectivity index (χ1n) is 33.2. The number of nitrogens with one attached hydrogen (secondary N) is 5. The number of hydrogen-bond acceptors (Lipinski definition) is 20. The van der Waals surface area contributed by atoms with Gasteiger partial charge >= 0.3 is 30.3 Å². The van der Waals surface area contributed by atoms with Gasteiger partial charge < -0.3 is 64.0 Å². The van der Waals surface area contributed by atoms with Crippen molar-refractivity contribution in [2.24, 2.45) is 17.0 Å². The summed E-state index contributed by atoms with van der Waals surface area (Å²) in [4.78, 5) is 119. The van der Waals surface area contributed by atoms with E-state index in [0.717, 1.165) is 44.9 Å². The van der Waals surface area contributed by atoms with Gasteiger partial charge in [0.1, 0.15) is 69.7 Å². The third-order valence-corrected chi connectivity index (χ3v) is 21.1. The molecule has 8 aliphatic rings. The smallest absolute Gasteiger partial charge is 0.408 e. The molecule has 6 heterocycles. The highest BCUT2D eigenvalue weighted by atomic mass is 32.2. The van der Waals surface area contributed by atoms with Gasteiger partial charge in [0, 0.05) is 24.7 Å². The Hall–Kier alpha value is -8.32. The molecule has 0 unspecified atom stereocenters. The fourth-order valence-corrected chi connectivity index (χ4v) is 14.5. The third-order valence-electron chi connectivity index (χ3n) is 17.9.